The maximum atomic E-state index is 12.9. The lowest BCUT2D eigenvalue weighted by atomic mass is 9.93. The minimum Gasteiger partial charge on any atom is -0.465 e. The van der Waals surface area contributed by atoms with Crippen molar-refractivity contribution in [3.05, 3.63) is 46.2 Å². The summed E-state index contributed by atoms with van der Waals surface area (Å²) >= 11 is 5.95. The van der Waals surface area contributed by atoms with Crippen molar-refractivity contribution >= 4 is 47.2 Å². The molecule has 1 unspecified atom stereocenters. The molecule has 4 amide bonds. The van der Waals surface area contributed by atoms with Crippen molar-refractivity contribution in [1.29, 1.82) is 0 Å². The van der Waals surface area contributed by atoms with E-state index in [4.69, 9.17) is 27.8 Å². The number of rotatable bonds is 12. The van der Waals surface area contributed by atoms with Crippen LogP contribution in [0.1, 0.15) is 61.6 Å². The fourth-order valence-corrected chi connectivity index (χ4v) is 5.37. The number of alkyl carbamates (subject to hydrolysis) is 1. The van der Waals surface area contributed by atoms with Crippen LogP contribution in [-0.4, -0.2) is 93.7 Å². The number of carbonyl (C=O) groups excluding carboxylic acids is 3. The van der Waals surface area contributed by atoms with Crippen LogP contribution in [0, 0.1) is 18.8 Å². The van der Waals surface area contributed by atoms with Gasteiger partial charge in [-0.05, 0) is 69.9 Å². The molecule has 15 heteroatoms. The summed E-state index contributed by atoms with van der Waals surface area (Å²) in [5.41, 5.74) is 12.8. The molecule has 1 fully saturated rings. The number of carbonyl (C=O) groups is 4. The van der Waals surface area contributed by atoms with Crippen molar-refractivity contribution in [3.63, 3.8) is 0 Å². The SMILES string of the molecule is Cc1ccccc1CC(CNC(=O)c1nc(Cl)c(N)nc1N)CN(CC1CCN(C(=O)CCNC(=O)OC(C)(C)C)CC1)C(=O)O. The van der Waals surface area contributed by atoms with E-state index in [1.165, 1.54) is 4.90 Å². The van der Waals surface area contributed by atoms with E-state index < -0.39 is 23.7 Å². The first kappa shape index (κ1) is 36.1. The molecule has 14 nitrogen and oxygen atoms in total. The molecule has 0 bridgehead atoms. The third kappa shape index (κ3) is 11.2. The van der Waals surface area contributed by atoms with Crippen molar-refractivity contribution in [3.8, 4) is 0 Å². The predicted octanol–water partition coefficient (Wildman–Crippen LogP) is 3.32. The highest BCUT2D eigenvalue weighted by atomic mass is 35.5. The number of nitrogens with zero attached hydrogens (tertiary/aromatic N) is 4. The molecule has 1 aliphatic rings. The number of halogens is 1. The number of hydrogen-bond donors (Lipinski definition) is 5. The third-order valence-electron chi connectivity index (χ3n) is 7.64. The maximum absolute atomic E-state index is 12.9. The average molecular weight is 661 g/mol. The average Bonchev–Trinajstić information content (AvgIpc) is 2.97. The molecule has 252 valence electrons. The molecule has 1 atom stereocenters. The maximum Gasteiger partial charge on any atom is 0.407 e. The number of hydrogen-bond acceptors (Lipinski definition) is 9. The Morgan fingerprint density at radius 1 is 1.11 bits per heavy atom. The Balaban J connectivity index is 1.59. The normalized spacial score (nSPS) is 14.3. The highest BCUT2D eigenvalue weighted by Crippen LogP contribution is 2.22. The molecule has 1 aliphatic heterocycles. The minimum absolute atomic E-state index is 0.0562. The van der Waals surface area contributed by atoms with Gasteiger partial charge in [-0.1, -0.05) is 35.9 Å². The molecule has 2 heterocycles. The highest BCUT2D eigenvalue weighted by Gasteiger charge is 2.28. The molecule has 1 aromatic carbocycles. The summed E-state index contributed by atoms with van der Waals surface area (Å²) in [6.45, 7) is 9.05. The van der Waals surface area contributed by atoms with Crippen LogP contribution < -0.4 is 22.1 Å². The van der Waals surface area contributed by atoms with Gasteiger partial charge in [-0.2, -0.15) is 0 Å². The molecular weight excluding hydrogens is 616 g/mol. The first-order chi connectivity index (χ1) is 21.6. The summed E-state index contributed by atoms with van der Waals surface area (Å²) in [5, 5.41) is 15.4. The highest BCUT2D eigenvalue weighted by molar-refractivity contribution is 6.31. The Hall–Kier alpha value is -4.33. The van der Waals surface area contributed by atoms with Gasteiger partial charge in [0.15, 0.2) is 22.5 Å². The van der Waals surface area contributed by atoms with E-state index in [1.807, 2.05) is 31.2 Å². The van der Waals surface area contributed by atoms with Crippen LogP contribution in [0.15, 0.2) is 24.3 Å². The number of ether oxygens (including phenoxy) is 1. The monoisotopic (exact) mass is 660 g/mol. The number of nitrogens with two attached hydrogens (primary N) is 2. The van der Waals surface area contributed by atoms with Crippen molar-refractivity contribution in [2.75, 3.05) is 50.7 Å². The Kier molecular flexibility index (Phi) is 12.8. The number of carboxylic acid groups (broad SMARTS) is 1. The minimum atomic E-state index is -1.06. The molecule has 1 saturated heterocycles. The Labute approximate surface area is 274 Å². The molecule has 0 saturated carbocycles. The second-order valence-corrected chi connectivity index (χ2v) is 12.9. The molecular formula is C31H45ClN8O6. The first-order valence-electron chi connectivity index (χ1n) is 15.3. The van der Waals surface area contributed by atoms with Gasteiger partial charge in [-0.3, -0.25) is 9.59 Å². The summed E-state index contributed by atoms with van der Waals surface area (Å²) in [6, 6.07) is 7.81. The molecule has 46 heavy (non-hydrogen) atoms. The lowest BCUT2D eigenvalue weighted by molar-refractivity contribution is -0.132. The third-order valence-corrected chi connectivity index (χ3v) is 7.92. The summed E-state index contributed by atoms with van der Waals surface area (Å²) in [7, 11) is 0. The van der Waals surface area contributed by atoms with E-state index in [9.17, 15) is 24.3 Å². The van der Waals surface area contributed by atoms with Gasteiger partial charge < -0.3 is 41.7 Å². The molecule has 2 aromatic rings. The Bertz CT molecular complexity index is 1390. The van der Waals surface area contributed by atoms with Gasteiger partial charge in [0, 0.05) is 45.7 Å². The summed E-state index contributed by atoms with van der Waals surface area (Å²) in [6.07, 6.45) is 0.324. The lowest BCUT2D eigenvalue weighted by Gasteiger charge is -2.35. The zero-order valence-electron chi connectivity index (χ0n) is 26.8. The van der Waals surface area contributed by atoms with Gasteiger partial charge in [0.25, 0.3) is 5.91 Å². The number of aromatic nitrogens is 2. The van der Waals surface area contributed by atoms with Crippen molar-refractivity contribution < 1.29 is 29.0 Å². The summed E-state index contributed by atoms with van der Waals surface area (Å²) < 4.78 is 5.19. The fourth-order valence-electron chi connectivity index (χ4n) is 5.24. The van der Waals surface area contributed by atoms with Crippen LogP contribution in [0.3, 0.4) is 0 Å². The van der Waals surface area contributed by atoms with Crippen LogP contribution in [-0.2, 0) is 16.0 Å². The molecule has 3 rings (SSSR count). The Morgan fingerprint density at radius 2 is 1.78 bits per heavy atom. The summed E-state index contributed by atoms with van der Waals surface area (Å²) in [4.78, 5) is 60.8. The van der Waals surface area contributed by atoms with Crippen LogP contribution in [0.25, 0.3) is 0 Å². The number of piperidine rings is 1. The van der Waals surface area contributed by atoms with Crippen LogP contribution >= 0.6 is 11.6 Å². The predicted molar refractivity (Wildman–Crippen MR) is 174 cm³/mol. The van der Waals surface area contributed by atoms with Crippen molar-refractivity contribution in [2.45, 2.75) is 59.0 Å². The topological polar surface area (TPSA) is 206 Å². The van der Waals surface area contributed by atoms with E-state index in [-0.39, 0.29) is 66.3 Å². The molecule has 7 N–H and O–H groups in total. The number of aryl methyl sites for hydroxylation is 1. The molecule has 0 aliphatic carbocycles. The zero-order valence-corrected chi connectivity index (χ0v) is 27.6. The molecule has 1 aromatic heterocycles. The second kappa shape index (κ2) is 16.3. The summed E-state index contributed by atoms with van der Waals surface area (Å²) in [5.74, 6) is -1.14. The van der Waals surface area contributed by atoms with Crippen LogP contribution in [0.2, 0.25) is 5.15 Å². The number of nitrogen functional groups attached to an aromatic ring is 2. The second-order valence-electron chi connectivity index (χ2n) is 12.5. The van der Waals surface area contributed by atoms with Gasteiger partial charge in [-0.25, -0.2) is 19.6 Å². The van der Waals surface area contributed by atoms with Gasteiger partial charge in [-0.15, -0.1) is 0 Å². The van der Waals surface area contributed by atoms with Crippen molar-refractivity contribution in [1.82, 2.24) is 30.4 Å². The standard InChI is InChI=1S/C31H45ClN8O6/c1-19-7-5-6-8-22(19)15-21(16-36-28(42)24-26(33)38-27(34)25(32)37-24)18-40(30(44)45)17-20-10-13-39(14-11-20)23(41)9-12-35-29(43)46-31(2,3)4/h5-8,20-21H,9-18H2,1-4H3,(H,35,43)(H,36,42)(H,44,45)(H4,33,34,38). The Morgan fingerprint density at radius 3 is 2.41 bits per heavy atom. The number of benzene rings is 1. The van der Waals surface area contributed by atoms with E-state index in [1.54, 1.807) is 25.7 Å². The number of likely N-dealkylation sites (tertiary alicyclic amines) is 1. The van der Waals surface area contributed by atoms with Crippen molar-refractivity contribution in [2.24, 2.45) is 11.8 Å². The number of anilines is 2. The van der Waals surface area contributed by atoms with Gasteiger partial charge in [0.2, 0.25) is 5.91 Å². The van der Waals surface area contributed by atoms with Gasteiger partial charge in [0.1, 0.15) is 5.60 Å². The fraction of sp³-hybridized carbons (Fsp3) is 0.548. The van der Waals surface area contributed by atoms with Gasteiger partial charge in [0.05, 0.1) is 0 Å². The smallest absolute Gasteiger partial charge is 0.407 e. The van der Waals surface area contributed by atoms with Gasteiger partial charge >= 0.3 is 12.2 Å². The quantitative estimate of drug-likeness (QED) is 0.224. The van der Waals surface area contributed by atoms with E-state index >= 15 is 0 Å². The largest absolute Gasteiger partial charge is 0.465 e. The zero-order chi connectivity index (χ0) is 34.0. The van der Waals surface area contributed by atoms with Crippen LogP contribution in [0.4, 0.5) is 21.2 Å². The molecule has 0 radical (unpaired) electrons. The van der Waals surface area contributed by atoms with E-state index in [2.05, 4.69) is 20.6 Å². The van der Waals surface area contributed by atoms with E-state index in [0.29, 0.717) is 38.9 Å². The number of amides is 4. The molecule has 0 spiro atoms. The number of nitrogens with one attached hydrogen (secondary N) is 2. The first-order valence-corrected chi connectivity index (χ1v) is 15.6. The van der Waals surface area contributed by atoms with E-state index in [0.717, 1.165) is 11.1 Å². The lowest BCUT2D eigenvalue weighted by Crippen LogP contribution is -2.45. The van der Waals surface area contributed by atoms with Crippen LogP contribution in [0.5, 0.6) is 0 Å².